The first-order chi connectivity index (χ1) is 23.1. The molecule has 0 spiro atoms. The van der Waals surface area contributed by atoms with Gasteiger partial charge in [-0.05, 0) is 30.2 Å². The van der Waals surface area contributed by atoms with E-state index in [2.05, 4.69) is 10.6 Å². The maximum absolute atomic E-state index is 14.0. The molecule has 7 unspecified atom stereocenters. The van der Waals surface area contributed by atoms with Gasteiger partial charge in [0, 0.05) is 40.2 Å². The Morgan fingerprint density at radius 3 is 2.10 bits per heavy atom. The van der Waals surface area contributed by atoms with Crippen molar-refractivity contribution in [2.45, 2.75) is 117 Å². The highest BCUT2D eigenvalue weighted by Gasteiger charge is 2.43. The number of likely N-dealkylation sites (tertiary alicyclic amines) is 1. The fourth-order valence-electron chi connectivity index (χ4n) is 6.71. The largest absolute Gasteiger partial charge is 0.480 e. The van der Waals surface area contributed by atoms with Crippen molar-refractivity contribution >= 4 is 29.6 Å². The van der Waals surface area contributed by atoms with Crippen LogP contribution in [0.2, 0.25) is 0 Å². The zero-order chi connectivity index (χ0) is 37.0. The van der Waals surface area contributed by atoms with E-state index in [0.717, 1.165) is 12.0 Å². The highest BCUT2D eigenvalue weighted by Crippen LogP contribution is 2.29. The van der Waals surface area contributed by atoms with E-state index in [4.69, 9.17) is 9.47 Å². The van der Waals surface area contributed by atoms with Crippen molar-refractivity contribution in [1.82, 2.24) is 20.4 Å². The second-order valence-electron chi connectivity index (χ2n) is 14.1. The first-order valence-corrected chi connectivity index (χ1v) is 17.6. The van der Waals surface area contributed by atoms with Crippen LogP contribution in [0.5, 0.6) is 0 Å². The smallest absolute Gasteiger partial charge is 0.326 e. The molecule has 2 rings (SSSR count). The van der Waals surface area contributed by atoms with Crippen LogP contribution in [0.4, 0.5) is 0 Å². The number of carbonyl (C=O) groups is 5. The predicted octanol–water partition coefficient (Wildman–Crippen LogP) is 3.52. The molecule has 276 valence electrons. The molecule has 4 amide bonds. The Bertz CT molecular complexity index is 1240. The Morgan fingerprint density at radius 1 is 0.959 bits per heavy atom. The lowest BCUT2D eigenvalue weighted by Gasteiger charge is -2.41. The van der Waals surface area contributed by atoms with E-state index in [9.17, 15) is 29.1 Å². The standard InChI is InChI=1S/C37H60N4O8/c1-11-24(6)32(40(8)36(45)31(22(2)3)39-34(43)23(4)5)29(48-9)21-30(42)41-19-15-18-28(41)33(49-10)25(7)35(44)38-27(37(46)47)20-26-16-13-12-14-17-26/h12-14,16-17,22-25,27-29,31-33H,11,15,18-21H2,1-10H3,(H,38,44)(H,39,43)(H,46,47)/t24?,25?,27?,28-,29?,31?,32?,33?/m0/s1. The second kappa shape index (κ2) is 19.6. The quantitative estimate of drug-likeness (QED) is 0.200. The van der Waals surface area contributed by atoms with Gasteiger partial charge in [-0.2, -0.15) is 0 Å². The molecule has 0 aromatic heterocycles. The third kappa shape index (κ3) is 11.3. The van der Waals surface area contributed by atoms with Crippen LogP contribution in [0, 0.1) is 23.7 Å². The van der Waals surface area contributed by atoms with E-state index in [-0.39, 0.29) is 48.3 Å². The Hall–Kier alpha value is -3.51. The molecule has 1 saturated heterocycles. The van der Waals surface area contributed by atoms with E-state index in [1.807, 2.05) is 58.0 Å². The maximum atomic E-state index is 14.0. The number of aliphatic carboxylic acids is 1. The van der Waals surface area contributed by atoms with Crippen molar-refractivity contribution in [1.29, 1.82) is 0 Å². The zero-order valence-electron chi connectivity index (χ0n) is 31.1. The van der Waals surface area contributed by atoms with Gasteiger partial charge in [-0.25, -0.2) is 4.79 Å². The lowest BCUT2D eigenvalue weighted by molar-refractivity contribution is -0.148. The topological polar surface area (TPSA) is 155 Å². The van der Waals surface area contributed by atoms with E-state index >= 15 is 0 Å². The van der Waals surface area contributed by atoms with Gasteiger partial charge in [0.05, 0.1) is 36.6 Å². The van der Waals surface area contributed by atoms with Crippen molar-refractivity contribution in [3.8, 4) is 0 Å². The number of nitrogens with zero attached hydrogens (tertiary/aromatic N) is 2. The average molecular weight is 689 g/mol. The molecule has 8 atom stereocenters. The van der Waals surface area contributed by atoms with Crippen molar-refractivity contribution in [3.63, 3.8) is 0 Å². The van der Waals surface area contributed by atoms with E-state index in [1.165, 1.54) is 14.2 Å². The number of carboxylic acid groups (broad SMARTS) is 1. The number of rotatable bonds is 19. The van der Waals surface area contributed by atoms with Gasteiger partial charge in [0.1, 0.15) is 12.1 Å². The van der Waals surface area contributed by atoms with Gasteiger partial charge >= 0.3 is 5.97 Å². The number of ether oxygens (including phenoxy) is 2. The Morgan fingerprint density at radius 2 is 1.59 bits per heavy atom. The maximum Gasteiger partial charge on any atom is 0.326 e. The summed E-state index contributed by atoms with van der Waals surface area (Å²) in [5.41, 5.74) is 0.787. The summed E-state index contributed by atoms with van der Waals surface area (Å²) in [6.45, 7) is 13.5. The lowest BCUT2D eigenvalue weighted by Crippen LogP contribution is -2.58. The van der Waals surface area contributed by atoms with Gasteiger partial charge in [0.25, 0.3) is 0 Å². The molecule has 1 fully saturated rings. The van der Waals surface area contributed by atoms with Crippen LogP contribution in [0.15, 0.2) is 30.3 Å². The molecule has 12 nitrogen and oxygen atoms in total. The van der Waals surface area contributed by atoms with Crippen LogP contribution in [0.1, 0.15) is 79.7 Å². The Labute approximate surface area is 292 Å². The molecule has 0 aliphatic carbocycles. The molecule has 1 heterocycles. The molecule has 1 aliphatic heterocycles. The number of carboxylic acids is 1. The Kier molecular flexibility index (Phi) is 16.7. The first-order valence-electron chi connectivity index (χ1n) is 17.6. The van der Waals surface area contributed by atoms with Crippen molar-refractivity contribution in [2.24, 2.45) is 23.7 Å². The SMILES string of the molecule is CCC(C)C(C(CC(=O)N1CCC[C@H]1C(OC)C(C)C(=O)NC(Cc1ccccc1)C(=O)O)OC)N(C)C(=O)C(NC(=O)C(C)C)C(C)C. The minimum atomic E-state index is -1.14. The molecular formula is C37H60N4O8. The van der Waals surface area contributed by atoms with E-state index in [0.29, 0.717) is 19.4 Å². The fraction of sp³-hybridized carbons (Fsp3) is 0.703. The zero-order valence-corrected chi connectivity index (χ0v) is 31.1. The number of hydrogen-bond donors (Lipinski definition) is 3. The summed E-state index contributed by atoms with van der Waals surface area (Å²) < 4.78 is 11.8. The summed E-state index contributed by atoms with van der Waals surface area (Å²) >= 11 is 0. The van der Waals surface area contributed by atoms with E-state index in [1.54, 1.807) is 37.6 Å². The van der Waals surface area contributed by atoms with Crippen LogP contribution < -0.4 is 10.6 Å². The second-order valence-corrected chi connectivity index (χ2v) is 14.1. The number of nitrogens with one attached hydrogen (secondary N) is 2. The highest BCUT2D eigenvalue weighted by molar-refractivity contribution is 5.89. The van der Waals surface area contributed by atoms with Gasteiger partial charge < -0.3 is 35.0 Å². The number of carbonyl (C=O) groups excluding carboxylic acids is 4. The summed E-state index contributed by atoms with van der Waals surface area (Å²) in [4.78, 5) is 69.3. The summed E-state index contributed by atoms with van der Waals surface area (Å²) in [6.07, 6.45) is 0.881. The van der Waals surface area contributed by atoms with Crippen LogP contribution in [0.3, 0.4) is 0 Å². The molecule has 0 saturated carbocycles. The molecule has 3 N–H and O–H groups in total. The van der Waals surface area contributed by atoms with Gasteiger partial charge in [-0.15, -0.1) is 0 Å². The summed E-state index contributed by atoms with van der Waals surface area (Å²) in [5, 5.41) is 15.4. The minimum absolute atomic E-state index is 0.000495. The summed E-state index contributed by atoms with van der Waals surface area (Å²) in [6, 6.07) is 6.38. The molecule has 1 aromatic rings. The van der Waals surface area contributed by atoms with Crippen LogP contribution in [-0.2, 0) is 39.9 Å². The highest BCUT2D eigenvalue weighted by atomic mass is 16.5. The van der Waals surface area contributed by atoms with Gasteiger partial charge in [-0.1, -0.05) is 85.2 Å². The number of amides is 4. The van der Waals surface area contributed by atoms with Crippen molar-refractivity contribution in [2.75, 3.05) is 27.8 Å². The molecular weight excluding hydrogens is 628 g/mol. The minimum Gasteiger partial charge on any atom is -0.480 e. The fourth-order valence-corrected chi connectivity index (χ4v) is 6.71. The number of benzene rings is 1. The summed E-state index contributed by atoms with van der Waals surface area (Å²) in [5.74, 6) is -3.43. The average Bonchev–Trinajstić information content (AvgIpc) is 3.55. The normalized spacial score (nSPS) is 19.0. The number of likely N-dealkylation sites (N-methyl/N-ethyl adjacent to an activating group) is 1. The molecule has 1 aliphatic rings. The van der Waals surface area contributed by atoms with Gasteiger partial charge in [0.15, 0.2) is 0 Å². The summed E-state index contributed by atoms with van der Waals surface area (Å²) in [7, 11) is 4.73. The lowest BCUT2D eigenvalue weighted by atomic mass is 9.89. The third-order valence-electron chi connectivity index (χ3n) is 9.91. The molecule has 0 radical (unpaired) electrons. The molecule has 1 aromatic carbocycles. The van der Waals surface area contributed by atoms with Gasteiger partial charge in [0.2, 0.25) is 23.6 Å². The number of hydrogen-bond acceptors (Lipinski definition) is 7. The Balaban J connectivity index is 2.25. The van der Waals surface area contributed by atoms with Gasteiger partial charge in [-0.3, -0.25) is 19.2 Å². The van der Waals surface area contributed by atoms with Crippen LogP contribution in [-0.4, -0.2) is 109 Å². The van der Waals surface area contributed by atoms with Crippen molar-refractivity contribution < 1.29 is 38.6 Å². The van der Waals surface area contributed by atoms with Crippen LogP contribution in [0.25, 0.3) is 0 Å². The molecule has 49 heavy (non-hydrogen) atoms. The third-order valence-corrected chi connectivity index (χ3v) is 9.91. The first kappa shape index (κ1) is 41.7. The predicted molar refractivity (Wildman–Crippen MR) is 187 cm³/mol. The number of methoxy groups -OCH3 is 2. The molecule has 0 bridgehead atoms. The monoisotopic (exact) mass is 688 g/mol. The molecule has 12 heteroatoms. The van der Waals surface area contributed by atoms with E-state index < -0.39 is 54.2 Å². The van der Waals surface area contributed by atoms with Crippen molar-refractivity contribution in [3.05, 3.63) is 35.9 Å². The van der Waals surface area contributed by atoms with Crippen LogP contribution >= 0.6 is 0 Å².